The average molecular weight is 260 g/mol. The summed E-state index contributed by atoms with van der Waals surface area (Å²) in [6, 6.07) is 4.31. The number of carbonyl (C=O) groups excluding carboxylic acids is 1. The molecule has 1 N–H and O–H groups in total. The summed E-state index contributed by atoms with van der Waals surface area (Å²) in [5.41, 5.74) is 1.08. The Morgan fingerprint density at radius 2 is 2.21 bits per heavy atom. The van der Waals surface area contributed by atoms with Gasteiger partial charge in [0, 0.05) is 31.6 Å². The van der Waals surface area contributed by atoms with Crippen LogP contribution in [0.2, 0.25) is 0 Å². The van der Waals surface area contributed by atoms with E-state index >= 15 is 0 Å². The molecule has 1 aromatic heterocycles. The maximum atomic E-state index is 12.0. The highest BCUT2D eigenvalue weighted by Crippen LogP contribution is 2.22. The van der Waals surface area contributed by atoms with Gasteiger partial charge in [0.15, 0.2) is 5.82 Å². The van der Waals surface area contributed by atoms with E-state index in [1.807, 2.05) is 0 Å². The Hall–Kier alpha value is -2.70. The normalized spacial score (nSPS) is 10.2. The van der Waals surface area contributed by atoms with E-state index in [9.17, 15) is 14.9 Å². The van der Waals surface area contributed by atoms with Gasteiger partial charge < -0.3 is 9.88 Å². The number of aromatic nitrogens is 2. The minimum Gasteiger partial charge on any atom is -0.330 e. The van der Waals surface area contributed by atoms with Gasteiger partial charge in [-0.3, -0.25) is 14.9 Å². The minimum absolute atomic E-state index is 0.0688. The molecule has 0 atom stereocenters. The topological polar surface area (TPSA) is 90.1 Å². The molecule has 98 valence electrons. The van der Waals surface area contributed by atoms with Gasteiger partial charge in [0.2, 0.25) is 0 Å². The fourth-order valence-electron chi connectivity index (χ4n) is 1.62. The molecular formula is C12H12N4O3. The van der Waals surface area contributed by atoms with Crippen LogP contribution in [-0.2, 0) is 7.05 Å². The SMILES string of the molecule is Cc1ccc([N+](=O)[O-])cc1NC(=O)c1nccn1C. The van der Waals surface area contributed by atoms with Crippen LogP contribution in [0.25, 0.3) is 0 Å². The lowest BCUT2D eigenvalue weighted by molar-refractivity contribution is -0.384. The molecule has 0 saturated heterocycles. The molecule has 0 aliphatic rings. The Bertz CT molecular complexity index is 648. The first-order valence-corrected chi connectivity index (χ1v) is 5.53. The van der Waals surface area contributed by atoms with Crippen molar-refractivity contribution in [1.29, 1.82) is 0 Å². The molecule has 0 saturated carbocycles. The fraction of sp³-hybridized carbons (Fsp3) is 0.167. The Morgan fingerprint density at radius 3 is 2.79 bits per heavy atom. The van der Waals surface area contributed by atoms with Crippen LogP contribution in [0.1, 0.15) is 16.2 Å². The van der Waals surface area contributed by atoms with Gasteiger partial charge >= 0.3 is 0 Å². The number of rotatable bonds is 3. The molecule has 0 aliphatic heterocycles. The van der Waals surface area contributed by atoms with Gasteiger partial charge in [-0.15, -0.1) is 0 Å². The van der Waals surface area contributed by atoms with Crippen LogP contribution in [0.15, 0.2) is 30.6 Å². The van der Waals surface area contributed by atoms with E-state index in [2.05, 4.69) is 10.3 Å². The third kappa shape index (κ3) is 2.59. The second-order valence-corrected chi connectivity index (χ2v) is 4.07. The molecule has 0 unspecified atom stereocenters. The third-order valence-electron chi connectivity index (χ3n) is 2.70. The molecule has 2 aromatic rings. The monoisotopic (exact) mass is 260 g/mol. The maximum Gasteiger partial charge on any atom is 0.291 e. The highest BCUT2D eigenvalue weighted by atomic mass is 16.6. The second kappa shape index (κ2) is 4.89. The van der Waals surface area contributed by atoms with Gasteiger partial charge in [-0.1, -0.05) is 6.07 Å². The number of nitrogens with one attached hydrogen (secondary N) is 1. The average Bonchev–Trinajstić information content (AvgIpc) is 2.78. The summed E-state index contributed by atoms with van der Waals surface area (Å²) < 4.78 is 1.57. The zero-order valence-corrected chi connectivity index (χ0v) is 10.5. The van der Waals surface area contributed by atoms with Crippen molar-refractivity contribution in [3.8, 4) is 0 Å². The summed E-state index contributed by atoms with van der Waals surface area (Å²) in [5.74, 6) is -0.165. The second-order valence-electron chi connectivity index (χ2n) is 4.07. The molecule has 19 heavy (non-hydrogen) atoms. The molecule has 7 heteroatoms. The Morgan fingerprint density at radius 1 is 1.47 bits per heavy atom. The van der Waals surface area contributed by atoms with Crippen LogP contribution < -0.4 is 5.32 Å². The van der Waals surface area contributed by atoms with Gasteiger partial charge in [0.1, 0.15) is 0 Å². The van der Waals surface area contributed by atoms with Crippen molar-refractivity contribution < 1.29 is 9.72 Å². The maximum absolute atomic E-state index is 12.0. The number of amides is 1. The van der Waals surface area contributed by atoms with Crippen LogP contribution >= 0.6 is 0 Å². The number of hydrogen-bond donors (Lipinski definition) is 1. The molecule has 1 amide bonds. The van der Waals surface area contributed by atoms with Gasteiger partial charge in [0.05, 0.1) is 10.6 Å². The van der Waals surface area contributed by atoms with Crippen LogP contribution in [0.3, 0.4) is 0 Å². The van der Waals surface area contributed by atoms with Crippen molar-refractivity contribution in [2.24, 2.45) is 7.05 Å². The third-order valence-corrected chi connectivity index (χ3v) is 2.70. The number of nitro groups is 1. The molecular weight excluding hydrogens is 248 g/mol. The summed E-state index contributed by atoms with van der Waals surface area (Å²) >= 11 is 0. The smallest absolute Gasteiger partial charge is 0.291 e. The fourth-order valence-corrected chi connectivity index (χ4v) is 1.62. The summed E-state index contributed by atoms with van der Waals surface area (Å²) in [7, 11) is 1.70. The van der Waals surface area contributed by atoms with E-state index in [-0.39, 0.29) is 11.5 Å². The number of benzene rings is 1. The minimum atomic E-state index is -0.504. The van der Waals surface area contributed by atoms with E-state index in [4.69, 9.17) is 0 Å². The van der Waals surface area contributed by atoms with Gasteiger partial charge in [-0.05, 0) is 12.5 Å². The number of non-ortho nitro benzene ring substituents is 1. The van der Waals surface area contributed by atoms with Crippen molar-refractivity contribution >= 4 is 17.3 Å². The molecule has 0 fully saturated rings. The number of hydrogen-bond acceptors (Lipinski definition) is 4. The van der Waals surface area contributed by atoms with Crippen molar-refractivity contribution in [2.45, 2.75) is 6.92 Å². The van der Waals surface area contributed by atoms with Crippen LogP contribution in [0, 0.1) is 17.0 Å². The largest absolute Gasteiger partial charge is 0.330 e. The van der Waals surface area contributed by atoms with Gasteiger partial charge in [-0.2, -0.15) is 0 Å². The summed E-state index contributed by atoms with van der Waals surface area (Å²) in [6.45, 7) is 1.76. The molecule has 0 aliphatic carbocycles. The summed E-state index contributed by atoms with van der Waals surface area (Å²) in [4.78, 5) is 26.1. The first-order valence-electron chi connectivity index (χ1n) is 5.53. The van der Waals surface area contributed by atoms with E-state index in [0.717, 1.165) is 5.56 Å². The zero-order valence-electron chi connectivity index (χ0n) is 10.5. The molecule has 0 spiro atoms. The predicted octanol–water partition coefficient (Wildman–Crippen LogP) is 1.89. The first kappa shape index (κ1) is 12.7. The Kier molecular flexibility index (Phi) is 3.28. The van der Waals surface area contributed by atoms with Crippen molar-refractivity contribution in [1.82, 2.24) is 9.55 Å². The van der Waals surface area contributed by atoms with Crippen LogP contribution in [-0.4, -0.2) is 20.4 Å². The predicted molar refractivity (Wildman–Crippen MR) is 69.0 cm³/mol. The summed E-state index contributed by atoms with van der Waals surface area (Å²) in [5, 5.41) is 13.3. The lowest BCUT2D eigenvalue weighted by atomic mass is 10.2. The van der Waals surface area contributed by atoms with Gasteiger partial charge in [-0.25, -0.2) is 4.98 Å². The number of imidazole rings is 1. The molecule has 1 aromatic carbocycles. The molecule has 0 bridgehead atoms. The number of anilines is 1. The van der Waals surface area contributed by atoms with Crippen molar-refractivity contribution in [3.63, 3.8) is 0 Å². The standard InChI is InChI=1S/C12H12N4O3/c1-8-3-4-9(16(18)19)7-10(8)14-12(17)11-13-5-6-15(11)2/h3-7H,1-2H3,(H,14,17). The number of carbonyl (C=O) groups is 1. The lowest BCUT2D eigenvalue weighted by Gasteiger charge is -2.07. The highest BCUT2D eigenvalue weighted by Gasteiger charge is 2.14. The van der Waals surface area contributed by atoms with E-state index < -0.39 is 10.8 Å². The summed E-state index contributed by atoms with van der Waals surface area (Å²) in [6.07, 6.45) is 3.16. The lowest BCUT2D eigenvalue weighted by Crippen LogP contribution is -2.17. The molecule has 2 rings (SSSR count). The molecule has 7 nitrogen and oxygen atoms in total. The Balaban J connectivity index is 2.28. The number of nitrogens with zero attached hydrogens (tertiary/aromatic N) is 3. The first-order chi connectivity index (χ1) is 8.99. The van der Waals surface area contributed by atoms with E-state index in [1.165, 1.54) is 18.3 Å². The van der Waals surface area contributed by atoms with E-state index in [1.54, 1.807) is 30.8 Å². The van der Waals surface area contributed by atoms with Crippen molar-refractivity contribution in [3.05, 3.63) is 52.1 Å². The van der Waals surface area contributed by atoms with Gasteiger partial charge in [0.25, 0.3) is 11.6 Å². The quantitative estimate of drug-likeness (QED) is 0.674. The number of aryl methyl sites for hydroxylation is 2. The number of nitro benzene ring substituents is 1. The van der Waals surface area contributed by atoms with E-state index in [0.29, 0.717) is 5.69 Å². The van der Waals surface area contributed by atoms with Crippen molar-refractivity contribution in [2.75, 3.05) is 5.32 Å². The van der Waals surface area contributed by atoms with Crippen LogP contribution in [0.4, 0.5) is 11.4 Å². The molecule has 0 radical (unpaired) electrons. The highest BCUT2D eigenvalue weighted by molar-refractivity contribution is 6.02. The Labute approximate surface area is 109 Å². The molecule has 1 heterocycles. The zero-order chi connectivity index (χ0) is 14.0. The van der Waals surface area contributed by atoms with Crippen LogP contribution in [0.5, 0.6) is 0 Å².